The number of pyridine rings is 1. The zero-order valence-electron chi connectivity index (χ0n) is 14.9. The van der Waals surface area contributed by atoms with E-state index in [1.54, 1.807) is 36.4 Å². The molecule has 0 bridgehead atoms. The van der Waals surface area contributed by atoms with Gasteiger partial charge >= 0.3 is 0 Å². The van der Waals surface area contributed by atoms with Crippen LogP contribution in [0, 0.1) is 20.2 Å². The Kier molecular flexibility index (Phi) is 5.74. The van der Waals surface area contributed by atoms with E-state index in [4.69, 9.17) is 0 Å². The van der Waals surface area contributed by atoms with Crippen LogP contribution in [-0.4, -0.2) is 20.7 Å². The molecule has 0 radical (unpaired) electrons. The van der Waals surface area contributed by atoms with Crippen LogP contribution in [0.3, 0.4) is 0 Å². The van der Waals surface area contributed by atoms with Gasteiger partial charge in [0, 0.05) is 36.3 Å². The molecule has 2 aromatic carbocycles. The van der Waals surface area contributed by atoms with E-state index >= 15 is 0 Å². The Morgan fingerprint density at radius 2 is 1.72 bits per heavy atom. The topological polar surface area (TPSA) is 140 Å². The van der Waals surface area contributed by atoms with Crippen LogP contribution in [0.25, 0.3) is 0 Å². The highest BCUT2D eigenvalue weighted by atomic mass is 16.6. The molecular weight excluding hydrogens is 378 g/mol. The molecule has 0 saturated carbocycles. The molecule has 10 nitrogen and oxygen atoms in total. The number of rotatable bonds is 7. The second-order valence-electron chi connectivity index (χ2n) is 5.96. The molecule has 0 spiro atoms. The predicted octanol–water partition coefficient (Wildman–Crippen LogP) is 3.76. The van der Waals surface area contributed by atoms with Crippen molar-refractivity contribution in [3.05, 3.63) is 98.3 Å². The summed E-state index contributed by atoms with van der Waals surface area (Å²) in [6, 6.07) is 13.6. The molecule has 0 atom stereocenters. The summed E-state index contributed by atoms with van der Waals surface area (Å²) in [5.74, 6) is -0.288. The zero-order chi connectivity index (χ0) is 20.8. The number of nitrogens with one attached hydrogen (secondary N) is 2. The van der Waals surface area contributed by atoms with E-state index in [1.165, 1.54) is 24.5 Å². The summed E-state index contributed by atoms with van der Waals surface area (Å²) in [4.78, 5) is 36.7. The highest BCUT2D eigenvalue weighted by Crippen LogP contribution is 2.29. The molecule has 10 heteroatoms. The first-order valence-electron chi connectivity index (χ1n) is 8.41. The maximum Gasteiger partial charge on any atom is 0.299 e. The number of carbonyl (C=O) groups is 1. The number of anilines is 2. The SMILES string of the molecule is O=C(Nc1cccc(CNc2ccc([N+](=O)[O-])cc2[N+](=O)[O-])c1)c1ccncc1. The van der Waals surface area contributed by atoms with E-state index in [0.717, 1.165) is 11.6 Å². The van der Waals surface area contributed by atoms with Crippen molar-refractivity contribution in [2.75, 3.05) is 10.6 Å². The van der Waals surface area contributed by atoms with Gasteiger partial charge in [0.25, 0.3) is 17.3 Å². The minimum Gasteiger partial charge on any atom is -0.375 e. The van der Waals surface area contributed by atoms with Crippen LogP contribution < -0.4 is 10.6 Å². The standard InChI is InChI=1S/C19H15N5O5/c25-19(14-6-8-20-9-7-14)22-15-3-1-2-13(10-15)12-21-17-5-4-16(23(26)27)11-18(17)24(28)29/h1-11,21H,12H2,(H,22,25). The van der Waals surface area contributed by atoms with E-state index in [9.17, 15) is 25.0 Å². The van der Waals surface area contributed by atoms with Crippen molar-refractivity contribution >= 4 is 28.7 Å². The summed E-state index contributed by atoms with van der Waals surface area (Å²) in [6.07, 6.45) is 3.04. The second kappa shape index (κ2) is 8.57. The van der Waals surface area contributed by atoms with Crippen LogP contribution in [0.1, 0.15) is 15.9 Å². The second-order valence-corrected chi connectivity index (χ2v) is 5.96. The summed E-state index contributed by atoms with van der Waals surface area (Å²) in [5, 5.41) is 27.7. The number of nitrogens with zero attached hydrogens (tertiary/aromatic N) is 3. The first-order valence-corrected chi connectivity index (χ1v) is 8.41. The van der Waals surface area contributed by atoms with Crippen molar-refractivity contribution in [1.82, 2.24) is 4.98 Å². The number of aromatic nitrogens is 1. The molecule has 146 valence electrons. The van der Waals surface area contributed by atoms with Crippen molar-refractivity contribution in [3.63, 3.8) is 0 Å². The van der Waals surface area contributed by atoms with Gasteiger partial charge in [-0.2, -0.15) is 0 Å². The highest BCUT2D eigenvalue weighted by molar-refractivity contribution is 6.04. The molecule has 0 unspecified atom stereocenters. The number of nitro groups is 2. The van der Waals surface area contributed by atoms with Crippen LogP contribution in [0.15, 0.2) is 67.0 Å². The Balaban J connectivity index is 1.72. The zero-order valence-corrected chi connectivity index (χ0v) is 14.9. The van der Waals surface area contributed by atoms with Crippen LogP contribution in [0.2, 0.25) is 0 Å². The summed E-state index contributed by atoms with van der Waals surface area (Å²) in [6.45, 7) is 0.220. The molecule has 0 aliphatic rings. The number of non-ortho nitro benzene ring substituents is 1. The molecule has 29 heavy (non-hydrogen) atoms. The van der Waals surface area contributed by atoms with E-state index in [-0.39, 0.29) is 29.5 Å². The third kappa shape index (κ3) is 4.89. The highest BCUT2D eigenvalue weighted by Gasteiger charge is 2.19. The molecule has 3 aromatic rings. The van der Waals surface area contributed by atoms with Crippen molar-refractivity contribution in [1.29, 1.82) is 0 Å². The fourth-order valence-electron chi connectivity index (χ4n) is 2.60. The van der Waals surface area contributed by atoms with Gasteiger partial charge in [-0.25, -0.2) is 0 Å². The summed E-state index contributed by atoms with van der Waals surface area (Å²) >= 11 is 0. The number of hydrogen-bond acceptors (Lipinski definition) is 7. The summed E-state index contributed by atoms with van der Waals surface area (Å²) in [5.41, 5.74) is 1.19. The van der Waals surface area contributed by atoms with Crippen LogP contribution in [0.5, 0.6) is 0 Å². The largest absolute Gasteiger partial charge is 0.375 e. The molecule has 1 aromatic heterocycles. The fourth-order valence-corrected chi connectivity index (χ4v) is 2.60. The van der Waals surface area contributed by atoms with Gasteiger partial charge in [-0.1, -0.05) is 12.1 Å². The summed E-state index contributed by atoms with van der Waals surface area (Å²) < 4.78 is 0. The Bertz CT molecular complexity index is 1070. The molecule has 3 rings (SSSR count). The Morgan fingerprint density at radius 3 is 2.41 bits per heavy atom. The maximum atomic E-state index is 12.2. The van der Waals surface area contributed by atoms with Crippen molar-refractivity contribution in [2.24, 2.45) is 0 Å². The van der Waals surface area contributed by atoms with Crippen molar-refractivity contribution < 1.29 is 14.6 Å². The number of carbonyl (C=O) groups excluding carboxylic acids is 1. The summed E-state index contributed by atoms with van der Waals surface area (Å²) in [7, 11) is 0. The van der Waals surface area contributed by atoms with E-state index in [2.05, 4.69) is 15.6 Å². The molecule has 1 amide bonds. The third-order valence-electron chi connectivity index (χ3n) is 4.00. The van der Waals surface area contributed by atoms with Gasteiger partial charge < -0.3 is 10.6 Å². The minimum absolute atomic E-state index is 0.159. The van der Waals surface area contributed by atoms with Crippen molar-refractivity contribution in [3.8, 4) is 0 Å². The normalized spacial score (nSPS) is 10.2. The molecular formula is C19H15N5O5. The Hall–Kier alpha value is -4.34. The van der Waals surface area contributed by atoms with E-state index in [1.807, 2.05) is 0 Å². The van der Waals surface area contributed by atoms with Crippen LogP contribution >= 0.6 is 0 Å². The lowest BCUT2D eigenvalue weighted by Gasteiger charge is -2.10. The lowest BCUT2D eigenvalue weighted by atomic mass is 10.1. The van der Waals surface area contributed by atoms with Gasteiger partial charge in [0.15, 0.2) is 0 Å². The minimum atomic E-state index is -0.689. The molecule has 1 heterocycles. The number of benzene rings is 2. The first kappa shape index (κ1) is 19.4. The van der Waals surface area contributed by atoms with Gasteiger partial charge in [0.05, 0.1) is 15.9 Å². The Morgan fingerprint density at radius 1 is 0.966 bits per heavy atom. The lowest BCUT2D eigenvalue weighted by Crippen LogP contribution is -2.12. The Labute approximate surface area is 164 Å². The molecule has 0 aliphatic heterocycles. The van der Waals surface area contributed by atoms with Crippen LogP contribution in [-0.2, 0) is 6.54 Å². The average molecular weight is 393 g/mol. The van der Waals surface area contributed by atoms with Gasteiger partial charge in [-0.05, 0) is 35.9 Å². The molecule has 0 saturated heterocycles. The fraction of sp³-hybridized carbons (Fsp3) is 0.0526. The van der Waals surface area contributed by atoms with Gasteiger partial charge in [0.1, 0.15) is 5.69 Å². The number of hydrogen-bond donors (Lipinski definition) is 2. The quantitative estimate of drug-likeness (QED) is 0.460. The number of amides is 1. The molecule has 2 N–H and O–H groups in total. The van der Waals surface area contributed by atoms with Crippen molar-refractivity contribution in [2.45, 2.75) is 6.54 Å². The van der Waals surface area contributed by atoms with Gasteiger partial charge in [-0.3, -0.25) is 30.0 Å². The molecule has 0 aliphatic carbocycles. The van der Waals surface area contributed by atoms with E-state index in [0.29, 0.717) is 11.3 Å². The third-order valence-corrected chi connectivity index (χ3v) is 4.00. The van der Waals surface area contributed by atoms with Gasteiger partial charge in [-0.15, -0.1) is 0 Å². The smallest absolute Gasteiger partial charge is 0.299 e. The average Bonchev–Trinajstić information content (AvgIpc) is 2.73. The van der Waals surface area contributed by atoms with E-state index < -0.39 is 9.85 Å². The number of nitro benzene ring substituents is 2. The van der Waals surface area contributed by atoms with Gasteiger partial charge in [0.2, 0.25) is 0 Å². The predicted molar refractivity (Wildman–Crippen MR) is 106 cm³/mol. The lowest BCUT2D eigenvalue weighted by molar-refractivity contribution is -0.393. The van der Waals surface area contributed by atoms with Crippen LogP contribution in [0.4, 0.5) is 22.7 Å². The molecule has 0 fully saturated rings. The monoisotopic (exact) mass is 393 g/mol. The first-order chi connectivity index (χ1) is 13.9. The maximum absolute atomic E-state index is 12.2.